The van der Waals surface area contributed by atoms with Gasteiger partial charge < -0.3 is 9.13 Å². The van der Waals surface area contributed by atoms with Gasteiger partial charge in [-0.2, -0.15) is 0 Å². The highest BCUT2D eigenvalue weighted by molar-refractivity contribution is 7.25. The average Bonchev–Trinajstić information content (AvgIpc) is 4.04. The van der Waals surface area contributed by atoms with Crippen molar-refractivity contribution in [3.05, 3.63) is 218 Å². The molecular weight excluding hydrogens is 833 g/mol. The Kier molecular flexibility index (Phi) is 7.63. The SMILES string of the molecule is c1ccc2cc3c(cc2c1)c1ccccc1n3-c1cccc2cc3c4ccccc4n(-c4ccc5c(-c6nc(-c7cccc8sc9ccccc9c78)c7ccccc7n6)cccc5c4)c3cc12. The molecule has 4 heterocycles. The minimum atomic E-state index is 0.720. The lowest BCUT2D eigenvalue weighted by molar-refractivity contribution is 1.18. The molecule has 0 amide bonds. The number of nitrogens with zero attached hydrogens (tertiary/aromatic N) is 4. The fraction of sp³-hybridized carbons (Fsp3) is 0. The predicted octanol–water partition coefficient (Wildman–Crippen LogP) is 17.0. The largest absolute Gasteiger partial charge is 0.309 e. The zero-order valence-corrected chi connectivity index (χ0v) is 36.8. The number of hydrogen-bond donors (Lipinski definition) is 0. The van der Waals surface area contributed by atoms with Gasteiger partial charge in [0.25, 0.3) is 0 Å². The molecule has 67 heavy (non-hydrogen) atoms. The van der Waals surface area contributed by atoms with E-state index in [1.165, 1.54) is 91.0 Å². The Morgan fingerprint density at radius 1 is 0.328 bits per heavy atom. The summed E-state index contributed by atoms with van der Waals surface area (Å²) in [6.45, 7) is 0. The van der Waals surface area contributed by atoms with Gasteiger partial charge in [0.05, 0.1) is 39.0 Å². The minimum absolute atomic E-state index is 0.720. The van der Waals surface area contributed by atoms with Gasteiger partial charge in [-0.1, -0.05) is 146 Å². The van der Waals surface area contributed by atoms with E-state index in [1.807, 2.05) is 11.3 Å². The molecule has 15 rings (SSSR count). The molecule has 5 heteroatoms. The lowest BCUT2D eigenvalue weighted by atomic mass is 9.99. The van der Waals surface area contributed by atoms with E-state index in [4.69, 9.17) is 9.97 Å². The topological polar surface area (TPSA) is 35.6 Å². The maximum atomic E-state index is 5.48. The highest BCUT2D eigenvalue weighted by atomic mass is 32.1. The van der Waals surface area contributed by atoms with Crippen molar-refractivity contribution < 1.29 is 0 Å². The van der Waals surface area contributed by atoms with Gasteiger partial charge in [-0.25, -0.2) is 9.97 Å². The molecule has 0 N–H and O–H groups in total. The van der Waals surface area contributed by atoms with Crippen LogP contribution in [0.25, 0.3) is 141 Å². The normalized spacial score (nSPS) is 12.2. The standard InChI is InChI=1S/C62H36N4S/c1-2-15-38-35-56-50(33-37(38)14-1)44-19-5-9-26-54(44)66(56)55-27-12-17-40-34-51-43-18-4-8-25-53(43)65(57(51)36-49(40)55)41-30-31-42-39(32-41)16-11-22-45(42)62-63-52-24-7-3-20-46(52)61(64-62)48-23-13-29-59-60(48)47-21-6-10-28-58(47)67-59/h1-36H. The van der Waals surface area contributed by atoms with Gasteiger partial charge >= 0.3 is 0 Å². The van der Waals surface area contributed by atoms with Gasteiger partial charge in [0.1, 0.15) is 0 Å². The Labute approximate surface area is 387 Å². The summed E-state index contributed by atoms with van der Waals surface area (Å²) in [5.74, 6) is 0.720. The highest BCUT2D eigenvalue weighted by Gasteiger charge is 2.21. The van der Waals surface area contributed by atoms with E-state index in [-0.39, 0.29) is 0 Å². The molecule has 4 aromatic heterocycles. The first-order chi connectivity index (χ1) is 33.2. The van der Waals surface area contributed by atoms with Crippen LogP contribution < -0.4 is 0 Å². The first kappa shape index (κ1) is 36.7. The van der Waals surface area contributed by atoms with Crippen LogP contribution in [-0.2, 0) is 0 Å². The van der Waals surface area contributed by atoms with Crippen LogP contribution in [-0.4, -0.2) is 19.1 Å². The smallest absolute Gasteiger partial charge is 0.161 e. The molecule has 0 aliphatic rings. The van der Waals surface area contributed by atoms with Gasteiger partial charge in [0.15, 0.2) is 5.82 Å². The second-order valence-corrected chi connectivity index (χ2v) is 18.8. The summed E-state index contributed by atoms with van der Waals surface area (Å²) in [6.07, 6.45) is 0. The van der Waals surface area contributed by atoms with Crippen molar-refractivity contribution in [3.63, 3.8) is 0 Å². The van der Waals surface area contributed by atoms with E-state index in [0.29, 0.717) is 0 Å². The quantitative estimate of drug-likeness (QED) is 0.177. The number of benzene rings is 11. The number of fused-ring (bicyclic) bond motifs is 13. The summed E-state index contributed by atoms with van der Waals surface area (Å²) >= 11 is 1.83. The van der Waals surface area contributed by atoms with E-state index >= 15 is 0 Å². The average molecular weight is 869 g/mol. The molecule has 0 unspecified atom stereocenters. The number of aromatic nitrogens is 4. The number of thiophene rings is 1. The van der Waals surface area contributed by atoms with Crippen LogP contribution in [0.3, 0.4) is 0 Å². The summed E-state index contributed by atoms with van der Waals surface area (Å²) in [5.41, 5.74) is 11.0. The number of rotatable bonds is 4. The fourth-order valence-electron chi connectivity index (χ4n) is 11.1. The van der Waals surface area contributed by atoms with Crippen molar-refractivity contribution >= 4 is 118 Å². The number of para-hydroxylation sites is 3. The molecule has 0 spiro atoms. The third-order valence-corrected chi connectivity index (χ3v) is 15.2. The molecule has 0 saturated carbocycles. The lowest BCUT2D eigenvalue weighted by Gasteiger charge is -2.15. The molecule has 0 aliphatic heterocycles. The second-order valence-electron chi connectivity index (χ2n) is 17.7. The van der Waals surface area contributed by atoms with Crippen molar-refractivity contribution in [3.8, 4) is 34.0 Å². The van der Waals surface area contributed by atoms with Crippen LogP contribution in [0, 0.1) is 0 Å². The van der Waals surface area contributed by atoms with Crippen LogP contribution in [0.5, 0.6) is 0 Å². The Morgan fingerprint density at radius 2 is 0.925 bits per heavy atom. The predicted molar refractivity (Wildman–Crippen MR) is 284 cm³/mol. The molecule has 11 aromatic carbocycles. The third-order valence-electron chi connectivity index (χ3n) is 14.1. The minimum Gasteiger partial charge on any atom is -0.309 e. The molecule has 15 aromatic rings. The summed E-state index contributed by atoms with van der Waals surface area (Å²) in [5, 5.41) is 15.7. The Morgan fingerprint density at radius 3 is 1.76 bits per heavy atom. The first-order valence-electron chi connectivity index (χ1n) is 22.8. The van der Waals surface area contributed by atoms with Gasteiger partial charge in [0.2, 0.25) is 0 Å². The van der Waals surface area contributed by atoms with Gasteiger partial charge in [-0.05, 0) is 99.7 Å². The summed E-state index contributed by atoms with van der Waals surface area (Å²) in [6, 6.07) is 79.7. The van der Waals surface area contributed by atoms with Gasteiger partial charge in [0, 0.05) is 69.3 Å². The molecule has 0 atom stereocenters. The van der Waals surface area contributed by atoms with Crippen LogP contribution in [0.15, 0.2) is 218 Å². The van der Waals surface area contributed by atoms with Crippen LogP contribution >= 0.6 is 11.3 Å². The molecule has 0 saturated heterocycles. The van der Waals surface area contributed by atoms with Crippen molar-refractivity contribution in [2.75, 3.05) is 0 Å². The van der Waals surface area contributed by atoms with E-state index < -0.39 is 0 Å². The van der Waals surface area contributed by atoms with Crippen molar-refractivity contribution in [1.29, 1.82) is 0 Å². The maximum Gasteiger partial charge on any atom is 0.161 e. The summed E-state index contributed by atoms with van der Waals surface area (Å²) in [4.78, 5) is 10.7. The molecule has 0 bridgehead atoms. The van der Waals surface area contributed by atoms with Crippen molar-refractivity contribution in [2.45, 2.75) is 0 Å². The van der Waals surface area contributed by atoms with Crippen LogP contribution in [0.4, 0.5) is 0 Å². The van der Waals surface area contributed by atoms with Gasteiger partial charge in [-0.15, -0.1) is 11.3 Å². The van der Waals surface area contributed by atoms with Crippen molar-refractivity contribution in [2.24, 2.45) is 0 Å². The Bertz CT molecular complexity index is 4590. The van der Waals surface area contributed by atoms with E-state index in [9.17, 15) is 0 Å². The van der Waals surface area contributed by atoms with E-state index in [2.05, 4.69) is 228 Å². The Hall–Kier alpha value is -8.64. The lowest BCUT2D eigenvalue weighted by Crippen LogP contribution is -1.98. The molecule has 310 valence electrons. The third kappa shape index (κ3) is 5.34. The highest BCUT2D eigenvalue weighted by Crippen LogP contribution is 2.44. The molecule has 0 fully saturated rings. The number of hydrogen-bond acceptors (Lipinski definition) is 3. The molecular formula is C62H36N4S. The zero-order valence-electron chi connectivity index (χ0n) is 36.0. The molecule has 0 radical (unpaired) electrons. The van der Waals surface area contributed by atoms with Crippen LogP contribution in [0.1, 0.15) is 0 Å². The zero-order chi connectivity index (χ0) is 43.7. The summed E-state index contributed by atoms with van der Waals surface area (Å²) in [7, 11) is 0. The van der Waals surface area contributed by atoms with E-state index in [0.717, 1.165) is 50.0 Å². The maximum absolute atomic E-state index is 5.48. The molecule has 4 nitrogen and oxygen atoms in total. The van der Waals surface area contributed by atoms with Crippen LogP contribution in [0.2, 0.25) is 0 Å². The fourth-order valence-corrected chi connectivity index (χ4v) is 12.2. The Balaban J connectivity index is 0.934. The molecule has 0 aliphatic carbocycles. The van der Waals surface area contributed by atoms with E-state index in [1.54, 1.807) is 0 Å². The van der Waals surface area contributed by atoms with Gasteiger partial charge in [-0.3, -0.25) is 0 Å². The first-order valence-corrected chi connectivity index (χ1v) is 23.6. The van der Waals surface area contributed by atoms with Crippen molar-refractivity contribution in [1.82, 2.24) is 19.1 Å². The monoisotopic (exact) mass is 868 g/mol. The second kappa shape index (κ2) is 13.9. The summed E-state index contributed by atoms with van der Waals surface area (Å²) < 4.78 is 7.46.